The Morgan fingerprint density at radius 2 is 1.31 bits per heavy atom. The van der Waals surface area contributed by atoms with Crippen LogP contribution in [-0.2, 0) is 5.41 Å². The van der Waals surface area contributed by atoms with Crippen LogP contribution in [0.5, 0.6) is 0 Å². The van der Waals surface area contributed by atoms with Gasteiger partial charge in [0.1, 0.15) is 0 Å². The molecule has 0 amide bonds. The zero-order chi connectivity index (χ0) is 36.1. The van der Waals surface area contributed by atoms with E-state index in [1.165, 1.54) is 5.56 Å². The molecule has 5 rings (SSSR count). The largest absolute Gasteiger partial charge is 0.265 e. The monoisotopic (exact) mass is 664 g/mol. The van der Waals surface area contributed by atoms with E-state index in [4.69, 9.17) is 9.98 Å². The molecule has 0 N–H and O–H groups in total. The first-order chi connectivity index (χ1) is 24.9. The predicted molar refractivity (Wildman–Crippen MR) is 218 cm³/mol. The molecule has 1 aromatic heterocycles. The summed E-state index contributed by atoms with van der Waals surface area (Å²) in [6.07, 6.45) is 13.3. The second kappa shape index (κ2) is 17.4. The van der Waals surface area contributed by atoms with Crippen LogP contribution in [0.1, 0.15) is 48.6 Å². The fourth-order valence-electron chi connectivity index (χ4n) is 6.35. The molecular formula is C47H44N4. The minimum Gasteiger partial charge on any atom is -0.265 e. The number of hydrogen-bond acceptors (Lipinski definition) is 2. The highest BCUT2D eigenvalue weighted by Gasteiger charge is 2.33. The van der Waals surface area contributed by atoms with Crippen molar-refractivity contribution in [2.75, 3.05) is 6.54 Å². The number of nitrogens with zero attached hydrogens (tertiary/aromatic N) is 4. The highest BCUT2D eigenvalue weighted by atomic mass is 15.0. The van der Waals surface area contributed by atoms with E-state index in [9.17, 15) is 0 Å². The highest BCUT2D eigenvalue weighted by Crippen LogP contribution is 2.43. The Labute approximate surface area is 303 Å². The normalized spacial score (nSPS) is 13.4. The summed E-state index contributed by atoms with van der Waals surface area (Å²) < 4.78 is 0. The van der Waals surface area contributed by atoms with Crippen molar-refractivity contribution in [1.82, 2.24) is 4.98 Å². The second-order valence-corrected chi connectivity index (χ2v) is 12.4. The number of aromatic nitrogens is 1. The molecule has 0 saturated heterocycles. The van der Waals surface area contributed by atoms with Crippen molar-refractivity contribution < 1.29 is 0 Å². The molecular weight excluding hydrogens is 621 g/mol. The van der Waals surface area contributed by atoms with Crippen molar-refractivity contribution in [3.8, 4) is 11.1 Å². The van der Waals surface area contributed by atoms with Crippen LogP contribution in [0.3, 0.4) is 0 Å². The smallest absolute Gasteiger partial charge is 0.161 e. The number of allylic oxidation sites excluding steroid dienone is 6. The van der Waals surface area contributed by atoms with Crippen molar-refractivity contribution in [3.05, 3.63) is 222 Å². The van der Waals surface area contributed by atoms with Gasteiger partial charge < -0.3 is 0 Å². The van der Waals surface area contributed by atoms with E-state index in [1.807, 2.05) is 60.9 Å². The Morgan fingerprint density at radius 3 is 1.96 bits per heavy atom. The fraction of sp³-hybridized carbons (Fsp3) is 0.106. The maximum Gasteiger partial charge on any atom is 0.161 e. The van der Waals surface area contributed by atoms with E-state index in [2.05, 4.69) is 142 Å². The lowest BCUT2D eigenvalue weighted by Crippen LogP contribution is -2.26. The Bertz CT molecular complexity index is 2090. The summed E-state index contributed by atoms with van der Waals surface area (Å²) in [6.45, 7) is 18.7. The van der Waals surface area contributed by atoms with Crippen molar-refractivity contribution >= 4 is 18.4 Å². The van der Waals surface area contributed by atoms with Crippen molar-refractivity contribution in [1.29, 1.82) is 0 Å². The van der Waals surface area contributed by atoms with Crippen LogP contribution >= 0.6 is 0 Å². The Kier molecular flexibility index (Phi) is 12.3. The molecule has 0 spiro atoms. The lowest BCUT2D eigenvalue weighted by molar-refractivity contribution is 0.693. The molecule has 0 aliphatic heterocycles. The first-order valence-electron chi connectivity index (χ1n) is 17.0. The van der Waals surface area contributed by atoms with Crippen LogP contribution in [0, 0.1) is 0 Å². The third kappa shape index (κ3) is 8.31. The quantitative estimate of drug-likeness (QED) is 0.0744. The number of amidine groups is 2. The zero-order valence-electron chi connectivity index (χ0n) is 29.7. The lowest BCUT2D eigenvalue weighted by atomic mass is 9.69. The Balaban J connectivity index is 1.69. The van der Waals surface area contributed by atoms with Gasteiger partial charge in [-0.1, -0.05) is 158 Å². The Morgan fingerprint density at radius 1 is 0.706 bits per heavy atom. The molecule has 0 aliphatic rings. The van der Waals surface area contributed by atoms with Crippen LogP contribution < -0.4 is 0 Å². The van der Waals surface area contributed by atoms with Crippen molar-refractivity contribution in [2.24, 2.45) is 15.0 Å². The molecule has 1 heterocycles. The molecule has 4 aromatic carbocycles. The molecule has 1 unspecified atom stereocenters. The first-order valence-corrected chi connectivity index (χ1v) is 17.0. The summed E-state index contributed by atoms with van der Waals surface area (Å²) in [7, 11) is 0. The molecule has 5 aromatic rings. The minimum absolute atomic E-state index is 0.387. The van der Waals surface area contributed by atoms with E-state index in [1.54, 1.807) is 12.2 Å². The summed E-state index contributed by atoms with van der Waals surface area (Å²) in [5.74, 6) is 1.04. The maximum atomic E-state index is 5.15. The van der Waals surface area contributed by atoms with E-state index in [0.717, 1.165) is 50.1 Å². The molecule has 252 valence electrons. The average molecular weight is 665 g/mol. The standard InChI is InChI=1S/C47H44N4/c1-7-9-25-40(35(3)4)37(20-8-2)34-50-45(36-21-12-10-13-22-36)51-46(48-6)43-28-17-16-26-41(43)42-27-18-19-29-44(42)47(5,38-23-14-11-15-24-38)39-30-32-49-33-31-39/h7-33H,1-2,6,34H2,3-5H3/b25-9-,37-20-,50-45?,51-46?. The number of hydrogen-bond donors (Lipinski definition) is 0. The van der Waals surface area contributed by atoms with Gasteiger partial charge in [0.15, 0.2) is 11.7 Å². The number of rotatable bonds is 12. The molecule has 0 bridgehead atoms. The van der Waals surface area contributed by atoms with Gasteiger partial charge in [0.25, 0.3) is 0 Å². The van der Waals surface area contributed by atoms with Gasteiger partial charge >= 0.3 is 0 Å². The van der Waals surface area contributed by atoms with Gasteiger partial charge in [-0.05, 0) is 78.6 Å². The summed E-state index contributed by atoms with van der Waals surface area (Å²) in [5.41, 5.74) is 10.1. The van der Waals surface area contributed by atoms with Gasteiger partial charge in [0.05, 0.1) is 6.54 Å². The average Bonchev–Trinajstić information content (AvgIpc) is 3.18. The molecule has 0 aliphatic carbocycles. The fourth-order valence-corrected chi connectivity index (χ4v) is 6.35. The highest BCUT2D eigenvalue weighted by molar-refractivity contribution is 6.15. The van der Waals surface area contributed by atoms with Gasteiger partial charge in [-0.15, -0.1) is 0 Å². The first kappa shape index (κ1) is 36.0. The van der Waals surface area contributed by atoms with Gasteiger partial charge in [-0.3, -0.25) is 9.98 Å². The van der Waals surface area contributed by atoms with Gasteiger partial charge in [0.2, 0.25) is 0 Å². The van der Waals surface area contributed by atoms with Crippen LogP contribution in [0.2, 0.25) is 0 Å². The Hall–Kier alpha value is -6.26. The maximum absolute atomic E-state index is 5.15. The van der Waals surface area contributed by atoms with Crippen molar-refractivity contribution in [3.63, 3.8) is 0 Å². The van der Waals surface area contributed by atoms with E-state index >= 15 is 0 Å². The van der Waals surface area contributed by atoms with Gasteiger partial charge in [-0.2, -0.15) is 0 Å². The van der Waals surface area contributed by atoms with Crippen LogP contribution in [0.15, 0.2) is 209 Å². The summed E-state index contributed by atoms with van der Waals surface area (Å²) in [6, 6.07) is 41.6. The number of benzene rings is 4. The molecule has 0 saturated carbocycles. The van der Waals surface area contributed by atoms with Crippen LogP contribution in [0.4, 0.5) is 0 Å². The molecule has 0 fully saturated rings. The van der Waals surface area contributed by atoms with E-state index < -0.39 is 5.41 Å². The lowest BCUT2D eigenvalue weighted by Gasteiger charge is -2.34. The molecule has 51 heavy (non-hydrogen) atoms. The second-order valence-electron chi connectivity index (χ2n) is 12.4. The topological polar surface area (TPSA) is 50.0 Å². The molecule has 1 atom stereocenters. The third-order valence-electron chi connectivity index (χ3n) is 8.93. The van der Waals surface area contributed by atoms with Crippen LogP contribution in [0.25, 0.3) is 11.1 Å². The SMILES string of the molecule is C=C/C=C\C(=C(C)C)/C(=C\C=C)CN=C(N=C(N=C)c1ccccc1-c1ccccc1C(C)(c1ccccc1)c1ccncc1)c1ccccc1. The summed E-state index contributed by atoms with van der Waals surface area (Å²) >= 11 is 0. The molecule has 4 heteroatoms. The van der Waals surface area contributed by atoms with Crippen LogP contribution in [-0.4, -0.2) is 29.9 Å². The number of aliphatic imine (C=N–C) groups is 3. The summed E-state index contributed by atoms with van der Waals surface area (Å²) in [5, 5.41) is 0. The van der Waals surface area contributed by atoms with E-state index in [0.29, 0.717) is 18.2 Å². The van der Waals surface area contributed by atoms with E-state index in [-0.39, 0.29) is 0 Å². The zero-order valence-corrected chi connectivity index (χ0v) is 29.7. The summed E-state index contributed by atoms with van der Waals surface area (Å²) in [4.78, 5) is 19.1. The number of pyridine rings is 1. The van der Waals surface area contributed by atoms with Gasteiger partial charge in [-0.25, -0.2) is 9.98 Å². The molecule has 0 radical (unpaired) electrons. The third-order valence-corrected chi connectivity index (χ3v) is 8.93. The van der Waals surface area contributed by atoms with Gasteiger partial charge in [0, 0.05) is 28.9 Å². The predicted octanol–water partition coefficient (Wildman–Crippen LogP) is 11.2. The van der Waals surface area contributed by atoms with Crippen molar-refractivity contribution in [2.45, 2.75) is 26.2 Å². The molecule has 4 nitrogen and oxygen atoms in total. The minimum atomic E-state index is -0.486.